The lowest BCUT2D eigenvalue weighted by Gasteiger charge is -2.18. The van der Waals surface area contributed by atoms with Gasteiger partial charge < -0.3 is 10.4 Å². The van der Waals surface area contributed by atoms with E-state index < -0.39 is 6.10 Å². The zero-order valence-corrected chi connectivity index (χ0v) is 14.2. The molecule has 0 aliphatic heterocycles. The predicted octanol–water partition coefficient (Wildman–Crippen LogP) is 2.85. The second-order valence-electron chi connectivity index (χ2n) is 6.98. The molecule has 0 saturated carbocycles. The van der Waals surface area contributed by atoms with Crippen LogP contribution in [-0.4, -0.2) is 21.4 Å². The van der Waals surface area contributed by atoms with Crippen molar-refractivity contribution in [2.24, 2.45) is 7.05 Å². The van der Waals surface area contributed by atoms with Crippen LogP contribution in [0, 0.1) is 6.92 Å². The summed E-state index contributed by atoms with van der Waals surface area (Å²) in [6.07, 6.45) is 1.56. The number of aryl methyl sites for hydroxylation is 2. The van der Waals surface area contributed by atoms with Gasteiger partial charge in [-0.25, -0.2) is 0 Å². The number of aliphatic hydroxyl groups is 1. The van der Waals surface area contributed by atoms with Gasteiger partial charge in [-0.2, -0.15) is 5.10 Å². The van der Waals surface area contributed by atoms with Gasteiger partial charge in [0.25, 0.3) is 0 Å². The van der Waals surface area contributed by atoms with Crippen molar-refractivity contribution in [3.63, 3.8) is 0 Å². The van der Waals surface area contributed by atoms with E-state index in [4.69, 9.17) is 0 Å². The highest BCUT2D eigenvalue weighted by atomic mass is 16.3. The van der Waals surface area contributed by atoms with Gasteiger partial charge in [0.1, 0.15) is 0 Å². The van der Waals surface area contributed by atoms with Gasteiger partial charge in [0.05, 0.1) is 11.8 Å². The van der Waals surface area contributed by atoms with Crippen molar-refractivity contribution in [2.75, 3.05) is 6.54 Å². The molecule has 0 saturated heterocycles. The van der Waals surface area contributed by atoms with E-state index in [1.54, 1.807) is 0 Å². The summed E-state index contributed by atoms with van der Waals surface area (Å²) in [7, 11) is 1.94. The van der Waals surface area contributed by atoms with E-state index in [9.17, 15) is 5.11 Å². The van der Waals surface area contributed by atoms with Gasteiger partial charge in [-0.3, -0.25) is 4.68 Å². The smallest absolute Gasteiger partial charge is 0.0914 e. The number of aliphatic hydroxyl groups excluding tert-OH is 1. The van der Waals surface area contributed by atoms with Gasteiger partial charge in [0.2, 0.25) is 0 Å². The minimum atomic E-state index is -0.490. The molecule has 0 bridgehead atoms. The third kappa shape index (κ3) is 4.18. The Morgan fingerprint density at radius 2 is 1.86 bits per heavy atom. The number of rotatable bonds is 5. The van der Waals surface area contributed by atoms with Crippen LogP contribution < -0.4 is 5.32 Å². The van der Waals surface area contributed by atoms with Gasteiger partial charge in [0.15, 0.2) is 0 Å². The molecular weight excluding hydrogens is 274 g/mol. The molecule has 4 nitrogen and oxygen atoms in total. The molecule has 0 aliphatic carbocycles. The van der Waals surface area contributed by atoms with Crippen molar-refractivity contribution in [1.82, 2.24) is 15.1 Å². The minimum Gasteiger partial charge on any atom is -0.387 e. The van der Waals surface area contributed by atoms with Crippen LogP contribution in [0.15, 0.2) is 30.5 Å². The number of aromatic nitrogens is 2. The molecule has 22 heavy (non-hydrogen) atoms. The highest BCUT2D eigenvalue weighted by Gasteiger charge is 2.21. The number of hydrogen-bond donors (Lipinski definition) is 2. The van der Waals surface area contributed by atoms with Crippen molar-refractivity contribution < 1.29 is 5.11 Å². The fraction of sp³-hybridized carbons (Fsp3) is 0.500. The second-order valence-corrected chi connectivity index (χ2v) is 6.98. The third-order valence-corrected chi connectivity index (χ3v) is 3.73. The highest BCUT2D eigenvalue weighted by molar-refractivity contribution is 5.25. The lowest BCUT2D eigenvalue weighted by molar-refractivity contribution is 0.174. The molecule has 1 unspecified atom stereocenters. The standard InChI is InChI=1S/C18H27N3O/c1-13-6-8-14(9-7-13)16(22)11-19-10-15-12-21(5)20-17(15)18(2,3)4/h6-9,12,16,19,22H,10-11H2,1-5H3. The fourth-order valence-corrected chi connectivity index (χ4v) is 2.55. The Balaban J connectivity index is 1.95. The second kappa shape index (κ2) is 6.63. The average molecular weight is 301 g/mol. The van der Waals surface area contributed by atoms with Gasteiger partial charge in [-0.1, -0.05) is 50.6 Å². The first-order valence-electron chi connectivity index (χ1n) is 7.75. The Morgan fingerprint density at radius 1 is 1.23 bits per heavy atom. The van der Waals surface area contributed by atoms with Gasteiger partial charge in [0, 0.05) is 37.3 Å². The zero-order valence-electron chi connectivity index (χ0n) is 14.2. The largest absolute Gasteiger partial charge is 0.387 e. The summed E-state index contributed by atoms with van der Waals surface area (Å²) < 4.78 is 1.86. The SMILES string of the molecule is Cc1ccc(C(O)CNCc2cn(C)nc2C(C)(C)C)cc1. The molecule has 120 valence electrons. The Morgan fingerprint density at radius 3 is 2.45 bits per heavy atom. The van der Waals surface area contributed by atoms with E-state index in [0.717, 1.165) is 11.3 Å². The highest BCUT2D eigenvalue weighted by Crippen LogP contribution is 2.24. The Kier molecular flexibility index (Phi) is 5.04. The molecule has 1 aromatic heterocycles. The summed E-state index contributed by atoms with van der Waals surface area (Å²) in [5.41, 5.74) is 4.46. The van der Waals surface area contributed by atoms with Gasteiger partial charge in [-0.15, -0.1) is 0 Å². The molecule has 0 fully saturated rings. The first-order valence-corrected chi connectivity index (χ1v) is 7.75. The summed E-state index contributed by atoms with van der Waals surface area (Å²) in [5, 5.41) is 18.1. The van der Waals surface area contributed by atoms with Crippen LogP contribution in [-0.2, 0) is 19.0 Å². The maximum Gasteiger partial charge on any atom is 0.0914 e. The summed E-state index contributed by atoms with van der Waals surface area (Å²) in [4.78, 5) is 0. The molecule has 0 radical (unpaired) electrons. The molecule has 1 heterocycles. The van der Waals surface area contributed by atoms with Crippen LogP contribution in [0.5, 0.6) is 0 Å². The number of benzene rings is 1. The zero-order chi connectivity index (χ0) is 16.3. The van der Waals surface area contributed by atoms with E-state index in [1.165, 1.54) is 11.1 Å². The van der Waals surface area contributed by atoms with Crippen molar-refractivity contribution in [2.45, 2.75) is 45.8 Å². The molecule has 0 spiro atoms. The van der Waals surface area contributed by atoms with Crippen molar-refractivity contribution in [1.29, 1.82) is 0 Å². The monoisotopic (exact) mass is 301 g/mol. The average Bonchev–Trinajstić information content (AvgIpc) is 2.80. The van der Waals surface area contributed by atoms with Gasteiger partial charge >= 0.3 is 0 Å². The summed E-state index contributed by atoms with van der Waals surface area (Å²) >= 11 is 0. The molecule has 0 amide bonds. The van der Waals surface area contributed by atoms with Crippen LogP contribution in [0.1, 0.15) is 49.3 Å². The number of nitrogens with one attached hydrogen (secondary N) is 1. The molecule has 2 N–H and O–H groups in total. The normalized spacial score (nSPS) is 13.4. The fourth-order valence-electron chi connectivity index (χ4n) is 2.55. The van der Waals surface area contributed by atoms with Crippen molar-refractivity contribution in [3.05, 3.63) is 52.8 Å². The number of hydrogen-bond acceptors (Lipinski definition) is 3. The lowest BCUT2D eigenvalue weighted by Crippen LogP contribution is -2.23. The number of nitrogens with zero attached hydrogens (tertiary/aromatic N) is 2. The molecule has 4 heteroatoms. The van der Waals surface area contributed by atoms with E-state index in [2.05, 4.69) is 31.2 Å². The predicted molar refractivity (Wildman–Crippen MR) is 89.8 cm³/mol. The summed E-state index contributed by atoms with van der Waals surface area (Å²) in [5.74, 6) is 0. The van der Waals surface area contributed by atoms with E-state index in [0.29, 0.717) is 13.1 Å². The van der Waals surface area contributed by atoms with Crippen molar-refractivity contribution >= 4 is 0 Å². The maximum absolute atomic E-state index is 10.2. The molecular formula is C18H27N3O. The first-order chi connectivity index (χ1) is 10.3. The molecule has 2 aromatic rings. The quantitative estimate of drug-likeness (QED) is 0.893. The van der Waals surface area contributed by atoms with E-state index in [-0.39, 0.29) is 5.41 Å². The molecule has 1 atom stereocenters. The lowest BCUT2D eigenvalue weighted by atomic mass is 9.89. The van der Waals surface area contributed by atoms with Crippen LogP contribution in [0.25, 0.3) is 0 Å². The third-order valence-electron chi connectivity index (χ3n) is 3.73. The topological polar surface area (TPSA) is 50.1 Å². The van der Waals surface area contributed by atoms with E-state index in [1.807, 2.05) is 49.1 Å². The first kappa shape index (κ1) is 16.7. The molecule has 2 rings (SSSR count). The summed E-state index contributed by atoms with van der Waals surface area (Å²) in [6.45, 7) is 9.79. The Labute approximate surface area is 133 Å². The molecule has 0 aliphatic rings. The van der Waals surface area contributed by atoms with Crippen LogP contribution in [0.3, 0.4) is 0 Å². The Hall–Kier alpha value is -1.65. The molecule has 1 aromatic carbocycles. The minimum absolute atomic E-state index is 0.0217. The van der Waals surface area contributed by atoms with Crippen LogP contribution >= 0.6 is 0 Å². The maximum atomic E-state index is 10.2. The van der Waals surface area contributed by atoms with E-state index >= 15 is 0 Å². The van der Waals surface area contributed by atoms with Crippen LogP contribution in [0.4, 0.5) is 0 Å². The Bertz CT molecular complexity index is 608. The summed E-state index contributed by atoms with van der Waals surface area (Å²) in [6, 6.07) is 8.01. The van der Waals surface area contributed by atoms with Crippen molar-refractivity contribution in [3.8, 4) is 0 Å². The van der Waals surface area contributed by atoms with Gasteiger partial charge in [-0.05, 0) is 12.5 Å². The van der Waals surface area contributed by atoms with Crippen LogP contribution in [0.2, 0.25) is 0 Å².